The first-order valence-corrected chi connectivity index (χ1v) is 7.44. The summed E-state index contributed by atoms with van der Waals surface area (Å²) in [6, 6.07) is 8.07. The van der Waals surface area contributed by atoms with Gasteiger partial charge in [0.05, 0.1) is 0 Å². The molecule has 5 nitrogen and oxygen atoms in total. The van der Waals surface area contributed by atoms with Crippen LogP contribution in [0.3, 0.4) is 0 Å². The van der Waals surface area contributed by atoms with Crippen LogP contribution >= 0.6 is 0 Å². The second kappa shape index (κ2) is 7.11. The van der Waals surface area contributed by atoms with Crippen molar-refractivity contribution in [3.8, 4) is 0 Å². The summed E-state index contributed by atoms with van der Waals surface area (Å²) in [5, 5.41) is 11.8. The Labute approximate surface area is 125 Å². The van der Waals surface area contributed by atoms with Gasteiger partial charge in [0, 0.05) is 12.6 Å². The van der Waals surface area contributed by atoms with Crippen molar-refractivity contribution in [3.05, 3.63) is 35.4 Å². The summed E-state index contributed by atoms with van der Waals surface area (Å²) in [5.41, 5.74) is 2.62. The molecule has 0 aromatic heterocycles. The van der Waals surface area contributed by atoms with E-state index < -0.39 is 5.97 Å². The molecule has 0 heterocycles. The maximum atomic E-state index is 12.2. The molecule has 114 valence electrons. The second-order valence-electron chi connectivity index (χ2n) is 5.47. The van der Waals surface area contributed by atoms with Crippen LogP contribution in [0.4, 0.5) is 4.79 Å². The Hall–Kier alpha value is -2.04. The zero-order valence-electron chi connectivity index (χ0n) is 12.3. The number of carboxylic acid groups (broad SMARTS) is 1. The van der Waals surface area contributed by atoms with Gasteiger partial charge in [-0.05, 0) is 36.8 Å². The minimum absolute atomic E-state index is 0.0838. The molecule has 1 atom stereocenters. The summed E-state index contributed by atoms with van der Waals surface area (Å²) >= 11 is 0. The highest BCUT2D eigenvalue weighted by Crippen LogP contribution is 2.21. The molecule has 2 amide bonds. The summed E-state index contributed by atoms with van der Waals surface area (Å²) in [7, 11) is 0. The van der Waals surface area contributed by atoms with E-state index in [2.05, 4.69) is 17.4 Å². The number of rotatable bonds is 5. The zero-order chi connectivity index (χ0) is 15.2. The van der Waals surface area contributed by atoms with Crippen molar-refractivity contribution in [1.29, 1.82) is 0 Å². The monoisotopic (exact) mass is 290 g/mol. The number of nitrogens with zero attached hydrogens (tertiary/aromatic N) is 1. The van der Waals surface area contributed by atoms with Crippen LogP contribution in [0.15, 0.2) is 24.3 Å². The Morgan fingerprint density at radius 2 is 2.05 bits per heavy atom. The molecule has 0 fully saturated rings. The maximum Gasteiger partial charge on any atom is 0.323 e. The van der Waals surface area contributed by atoms with Crippen LogP contribution < -0.4 is 5.32 Å². The fraction of sp³-hybridized carbons (Fsp3) is 0.500. The summed E-state index contributed by atoms with van der Waals surface area (Å²) in [4.78, 5) is 24.4. The van der Waals surface area contributed by atoms with Gasteiger partial charge in [0.25, 0.3) is 0 Å². The van der Waals surface area contributed by atoms with E-state index in [0.717, 1.165) is 25.7 Å². The normalized spacial score (nSPS) is 16.9. The predicted octanol–water partition coefficient (Wildman–Crippen LogP) is 2.05. The van der Waals surface area contributed by atoms with Crippen molar-refractivity contribution in [3.63, 3.8) is 0 Å². The van der Waals surface area contributed by atoms with Crippen molar-refractivity contribution in [2.24, 2.45) is 0 Å². The maximum absolute atomic E-state index is 12.2. The molecule has 1 unspecified atom stereocenters. The number of carboxylic acids is 1. The number of benzene rings is 1. The number of nitrogens with one attached hydrogen (secondary N) is 1. The fourth-order valence-corrected chi connectivity index (χ4v) is 2.77. The highest BCUT2D eigenvalue weighted by Gasteiger charge is 2.23. The molecule has 2 rings (SSSR count). The van der Waals surface area contributed by atoms with Crippen LogP contribution in [-0.2, 0) is 17.6 Å². The number of carbonyl (C=O) groups is 2. The van der Waals surface area contributed by atoms with Crippen molar-refractivity contribution >= 4 is 12.0 Å². The van der Waals surface area contributed by atoms with Gasteiger partial charge in [-0.3, -0.25) is 4.79 Å². The molecular weight excluding hydrogens is 268 g/mol. The van der Waals surface area contributed by atoms with E-state index in [4.69, 9.17) is 5.11 Å². The minimum atomic E-state index is -0.979. The molecule has 0 radical (unpaired) electrons. The van der Waals surface area contributed by atoms with Crippen LogP contribution in [0.1, 0.15) is 30.9 Å². The Balaban J connectivity index is 1.95. The van der Waals surface area contributed by atoms with Crippen molar-refractivity contribution in [1.82, 2.24) is 10.2 Å². The average Bonchev–Trinajstić information content (AvgIpc) is 2.46. The third-order valence-electron chi connectivity index (χ3n) is 3.78. The molecule has 0 aliphatic heterocycles. The molecule has 0 spiro atoms. The summed E-state index contributed by atoms with van der Waals surface area (Å²) < 4.78 is 0. The first-order valence-electron chi connectivity index (χ1n) is 7.44. The lowest BCUT2D eigenvalue weighted by molar-refractivity contribution is -0.137. The number of urea groups is 1. The lowest BCUT2D eigenvalue weighted by Gasteiger charge is -2.28. The molecule has 0 saturated carbocycles. The number of aliphatic carboxylic acids is 1. The third-order valence-corrected chi connectivity index (χ3v) is 3.78. The fourth-order valence-electron chi connectivity index (χ4n) is 2.77. The zero-order valence-corrected chi connectivity index (χ0v) is 12.3. The molecule has 1 aliphatic rings. The molecular formula is C16H22N2O3. The number of amides is 2. The summed E-state index contributed by atoms with van der Waals surface area (Å²) in [5.74, 6) is -0.979. The molecule has 2 N–H and O–H groups in total. The van der Waals surface area contributed by atoms with Crippen molar-refractivity contribution in [2.45, 2.75) is 38.6 Å². The predicted molar refractivity (Wildman–Crippen MR) is 80.3 cm³/mol. The first-order chi connectivity index (χ1) is 10.1. The highest BCUT2D eigenvalue weighted by molar-refractivity contribution is 5.80. The van der Waals surface area contributed by atoms with E-state index in [1.807, 2.05) is 19.1 Å². The van der Waals surface area contributed by atoms with Gasteiger partial charge in [0.2, 0.25) is 0 Å². The molecule has 1 aromatic carbocycles. The largest absolute Gasteiger partial charge is 0.480 e. The van der Waals surface area contributed by atoms with Gasteiger partial charge in [-0.25, -0.2) is 4.79 Å². The standard InChI is InChI=1S/C16H22N2O3/c1-2-9-18(11-15(19)20)16(21)17-14-8-7-12-5-3-4-6-13(12)10-14/h3-6,14H,2,7-11H2,1H3,(H,17,21)(H,19,20). The van der Waals surface area contributed by atoms with E-state index in [0.29, 0.717) is 6.54 Å². The van der Waals surface area contributed by atoms with Crippen LogP contribution in [-0.4, -0.2) is 41.1 Å². The first kappa shape index (κ1) is 15.4. The second-order valence-corrected chi connectivity index (χ2v) is 5.47. The molecule has 1 aliphatic carbocycles. The topological polar surface area (TPSA) is 69.6 Å². The quantitative estimate of drug-likeness (QED) is 0.872. The Kier molecular flexibility index (Phi) is 5.20. The lowest BCUT2D eigenvalue weighted by atomic mass is 9.88. The summed E-state index contributed by atoms with van der Waals surface area (Å²) in [6.45, 7) is 2.14. The van der Waals surface area contributed by atoms with E-state index >= 15 is 0 Å². The number of carbonyl (C=O) groups excluding carboxylic acids is 1. The van der Waals surface area contributed by atoms with Gasteiger partial charge < -0.3 is 15.3 Å². The van der Waals surface area contributed by atoms with Gasteiger partial charge in [0.15, 0.2) is 0 Å². The number of hydrogen-bond acceptors (Lipinski definition) is 2. The number of aryl methyl sites for hydroxylation is 1. The van der Waals surface area contributed by atoms with Crippen molar-refractivity contribution < 1.29 is 14.7 Å². The number of fused-ring (bicyclic) bond motifs is 1. The smallest absolute Gasteiger partial charge is 0.323 e. The Bertz CT molecular complexity index is 516. The molecule has 0 bridgehead atoms. The van der Waals surface area contributed by atoms with E-state index in [1.165, 1.54) is 16.0 Å². The van der Waals surface area contributed by atoms with E-state index in [1.54, 1.807) is 0 Å². The molecule has 0 saturated heterocycles. The van der Waals surface area contributed by atoms with Crippen LogP contribution in [0.5, 0.6) is 0 Å². The van der Waals surface area contributed by atoms with Gasteiger partial charge in [-0.1, -0.05) is 31.2 Å². The van der Waals surface area contributed by atoms with E-state index in [9.17, 15) is 9.59 Å². The Morgan fingerprint density at radius 1 is 1.33 bits per heavy atom. The molecule has 21 heavy (non-hydrogen) atoms. The minimum Gasteiger partial charge on any atom is -0.480 e. The van der Waals surface area contributed by atoms with E-state index in [-0.39, 0.29) is 18.6 Å². The third kappa shape index (κ3) is 4.21. The SMILES string of the molecule is CCCN(CC(=O)O)C(=O)NC1CCc2ccccc2C1. The van der Waals surface area contributed by atoms with Gasteiger partial charge in [0.1, 0.15) is 6.54 Å². The van der Waals surface area contributed by atoms with Crippen LogP contribution in [0, 0.1) is 0 Å². The Morgan fingerprint density at radius 3 is 2.71 bits per heavy atom. The number of hydrogen-bond donors (Lipinski definition) is 2. The van der Waals surface area contributed by atoms with Gasteiger partial charge in [-0.15, -0.1) is 0 Å². The van der Waals surface area contributed by atoms with Crippen LogP contribution in [0.2, 0.25) is 0 Å². The molecule has 5 heteroatoms. The van der Waals surface area contributed by atoms with Crippen molar-refractivity contribution in [2.75, 3.05) is 13.1 Å². The van der Waals surface area contributed by atoms with Crippen LogP contribution in [0.25, 0.3) is 0 Å². The average molecular weight is 290 g/mol. The summed E-state index contributed by atoms with van der Waals surface area (Å²) in [6.07, 6.45) is 3.41. The highest BCUT2D eigenvalue weighted by atomic mass is 16.4. The van der Waals surface area contributed by atoms with Gasteiger partial charge in [-0.2, -0.15) is 0 Å². The molecule has 1 aromatic rings. The lowest BCUT2D eigenvalue weighted by Crippen LogP contribution is -2.48. The van der Waals surface area contributed by atoms with Gasteiger partial charge >= 0.3 is 12.0 Å².